The van der Waals surface area contributed by atoms with Crippen molar-refractivity contribution in [2.45, 2.75) is 27.3 Å². The lowest BCUT2D eigenvalue weighted by Gasteiger charge is -2.11. The first-order valence-electron chi connectivity index (χ1n) is 9.40. The van der Waals surface area contributed by atoms with Gasteiger partial charge in [0, 0.05) is 34.2 Å². The van der Waals surface area contributed by atoms with Crippen LogP contribution in [0.25, 0.3) is 5.69 Å². The lowest BCUT2D eigenvalue weighted by molar-refractivity contribution is 0.0525. The number of carbonyl (C=O) groups is 2. The third-order valence-corrected chi connectivity index (χ3v) is 4.93. The predicted molar refractivity (Wildman–Crippen MR) is 114 cm³/mol. The van der Waals surface area contributed by atoms with Crippen molar-refractivity contribution in [3.63, 3.8) is 0 Å². The van der Waals surface area contributed by atoms with Crippen molar-refractivity contribution < 1.29 is 14.3 Å². The summed E-state index contributed by atoms with van der Waals surface area (Å²) in [6, 6.07) is 16.5. The van der Waals surface area contributed by atoms with Crippen LogP contribution in [-0.4, -0.2) is 23.1 Å². The number of amides is 1. The van der Waals surface area contributed by atoms with Crippen LogP contribution in [0.2, 0.25) is 5.02 Å². The lowest BCUT2D eigenvalue weighted by atomic mass is 10.1. The second-order valence-electron chi connectivity index (χ2n) is 6.70. The van der Waals surface area contributed by atoms with Gasteiger partial charge in [-0.1, -0.05) is 23.7 Å². The van der Waals surface area contributed by atoms with E-state index >= 15 is 0 Å². The van der Waals surface area contributed by atoms with Crippen LogP contribution in [0, 0.1) is 13.8 Å². The van der Waals surface area contributed by atoms with Crippen LogP contribution in [0.3, 0.4) is 0 Å². The highest BCUT2D eigenvalue weighted by molar-refractivity contribution is 6.30. The summed E-state index contributed by atoms with van der Waals surface area (Å²) in [6.45, 7) is 6.36. The monoisotopic (exact) mass is 410 g/mol. The fourth-order valence-electron chi connectivity index (χ4n) is 3.22. The number of ether oxygens (including phenoxy) is 1. The quantitative estimate of drug-likeness (QED) is 0.590. The smallest absolute Gasteiger partial charge is 0.339 e. The predicted octanol–water partition coefficient (Wildman–Crippen LogP) is 4.85. The van der Waals surface area contributed by atoms with Gasteiger partial charge >= 0.3 is 5.97 Å². The van der Waals surface area contributed by atoms with Crippen molar-refractivity contribution >= 4 is 23.5 Å². The van der Waals surface area contributed by atoms with Gasteiger partial charge in [0.05, 0.1) is 12.2 Å². The number of nitrogens with zero attached hydrogens (tertiary/aromatic N) is 1. The van der Waals surface area contributed by atoms with Crippen LogP contribution >= 0.6 is 11.6 Å². The third kappa shape index (κ3) is 4.69. The van der Waals surface area contributed by atoms with Gasteiger partial charge in [-0.15, -0.1) is 0 Å². The van der Waals surface area contributed by atoms with Gasteiger partial charge in [-0.2, -0.15) is 0 Å². The Morgan fingerprint density at radius 2 is 1.69 bits per heavy atom. The van der Waals surface area contributed by atoms with E-state index in [2.05, 4.69) is 5.32 Å². The molecule has 0 radical (unpaired) electrons. The highest BCUT2D eigenvalue weighted by Crippen LogP contribution is 2.22. The van der Waals surface area contributed by atoms with E-state index in [1.165, 1.54) is 0 Å². The molecular weight excluding hydrogens is 388 g/mol. The molecule has 3 rings (SSSR count). The van der Waals surface area contributed by atoms with E-state index in [1.54, 1.807) is 31.2 Å². The molecule has 0 aliphatic rings. The molecule has 0 aliphatic heterocycles. The fourth-order valence-corrected chi connectivity index (χ4v) is 3.35. The third-order valence-electron chi connectivity index (χ3n) is 4.68. The SMILES string of the molecule is CCOC(=O)c1cc(C)n(-c2ccc(C(=O)NCc3ccc(Cl)cc3)cc2)c1C. The van der Waals surface area contributed by atoms with Crippen molar-refractivity contribution in [1.82, 2.24) is 9.88 Å². The molecule has 2 aromatic carbocycles. The zero-order chi connectivity index (χ0) is 21.0. The van der Waals surface area contributed by atoms with E-state index in [0.717, 1.165) is 22.6 Å². The van der Waals surface area contributed by atoms with Crippen LogP contribution in [0.15, 0.2) is 54.6 Å². The van der Waals surface area contributed by atoms with E-state index in [9.17, 15) is 9.59 Å². The Balaban J connectivity index is 1.74. The molecule has 6 heteroatoms. The van der Waals surface area contributed by atoms with Gasteiger partial charge in [-0.25, -0.2) is 4.79 Å². The Hall–Kier alpha value is -3.05. The number of hydrogen-bond acceptors (Lipinski definition) is 3. The molecule has 0 saturated heterocycles. The average Bonchev–Trinajstić information content (AvgIpc) is 3.02. The highest BCUT2D eigenvalue weighted by atomic mass is 35.5. The first kappa shape index (κ1) is 20.7. The van der Waals surface area contributed by atoms with Crippen molar-refractivity contribution in [2.24, 2.45) is 0 Å². The van der Waals surface area contributed by atoms with Crippen LogP contribution in [0.1, 0.15) is 44.6 Å². The standard InChI is InChI=1S/C23H23ClN2O3/c1-4-29-23(28)21-13-15(2)26(16(21)3)20-11-7-18(8-12-20)22(27)25-14-17-5-9-19(24)10-6-17/h5-13H,4,14H2,1-3H3,(H,25,27). The minimum Gasteiger partial charge on any atom is -0.462 e. The maximum Gasteiger partial charge on any atom is 0.339 e. The number of nitrogens with one attached hydrogen (secondary N) is 1. The summed E-state index contributed by atoms with van der Waals surface area (Å²) in [7, 11) is 0. The fraction of sp³-hybridized carbons (Fsp3) is 0.217. The zero-order valence-corrected chi connectivity index (χ0v) is 17.4. The number of esters is 1. The molecule has 0 unspecified atom stereocenters. The molecule has 0 fully saturated rings. The summed E-state index contributed by atoms with van der Waals surface area (Å²) >= 11 is 5.88. The number of rotatable bonds is 6. The van der Waals surface area contributed by atoms with Crippen molar-refractivity contribution in [1.29, 1.82) is 0 Å². The summed E-state index contributed by atoms with van der Waals surface area (Å²) in [6.07, 6.45) is 0. The van der Waals surface area contributed by atoms with Crippen LogP contribution in [-0.2, 0) is 11.3 Å². The molecule has 0 aliphatic carbocycles. The molecule has 5 nitrogen and oxygen atoms in total. The molecule has 3 aromatic rings. The molecule has 29 heavy (non-hydrogen) atoms. The normalized spacial score (nSPS) is 10.6. The van der Waals surface area contributed by atoms with E-state index in [4.69, 9.17) is 16.3 Å². The molecule has 1 aromatic heterocycles. The summed E-state index contributed by atoms with van der Waals surface area (Å²) in [5, 5.41) is 3.56. The molecule has 0 bridgehead atoms. The highest BCUT2D eigenvalue weighted by Gasteiger charge is 2.17. The summed E-state index contributed by atoms with van der Waals surface area (Å²) in [5.74, 6) is -0.482. The summed E-state index contributed by atoms with van der Waals surface area (Å²) in [5.41, 5.74) is 4.70. The minimum atomic E-state index is -0.329. The van der Waals surface area contributed by atoms with Gasteiger partial charge in [0.1, 0.15) is 0 Å². The largest absolute Gasteiger partial charge is 0.462 e. The summed E-state index contributed by atoms with van der Waals surface area (Å²) in [4.78, 5) is 24.5. The molecule has 0 saturated carbocycles. The average molecular weight is 411 g/mol. The Kier molecular flexibility index (Phi) is 6.39. The van der Waals surface area contributed by atoms with Gasteiger partial charge < -0.3 is 14.6 Å². The second-order valence-corrected chi connectivity index (χ2v) is 7.13. The molecule has 0 spiro atoms. The first-order valence-corrected chi connectivity index (χ1v) is 9.77. The Labute approximate surface area is 175 Å². The molecule has 0 atom stereocenters. The van der Waals surface area contributed by atoms with Crippen molar-refractivity contribution in [3.8, 4) is 5.69 Å². The molecule has 150 valence electrons. The Morgan fingerprint density at radius 3 is 2.31 bits per heavy atom. The van der Waals surface area contributed by atoms with Crippen LogP contribution in [0.4, 0.5) is 0 Å². The van der Waals surface area contributed by atoms with Gasteiger partial charge in [0.25, 0.3) is 5.91 Å². The number of aryl methyl sites for hydroxylation is 1. The lowest BCUT2D eigenvalue weighted by Crippen LogP contribution is -2.22. The van der Waals surface area contributed by atoms with E-state index in [-0.39, 0.29) is 11.9 Å². The van der Waals surface area contributed by atoms with Crippen LogP contribution < -0.4 is 5.32 Å². The van der Waals surface area contributed by atoms with E-state index in [0.29, 0.717) is 29.3 Å². The molecule has 1 amide bonds. The first-order chi connectivity index (χ1) is 13.9. The topological polar surface area (TPSA) is 60.3 Å². The van der Waals surface area contributed by atoms with E-state index < -0.39 is 0 Å². The van der Waals surface area contributed by atoms with Crippen molar-refractivity contribution in [2.75, 3.05) is 6.61 Å². The van der Waals surface area contributed by atoms with E-state index in [1.807, 2.05) is 48.7 Å². The maximum absolute atomic E-state index is 12.4. The number of halogens is 1. The van der Waals surface area contributed by atoms with Crippen LogP contribution in [0.5, 0.6) is 0 Å². The second kappa shape index (κ2) is 8.97. The number of carbonyl (C=O) groups excluding carboxylic acids is 2. The maximum atomic E-state index is 12.4. The van der Waals surface area contributed by atoms with Gasteiger partial charge in [-0.05, 0) is 68.8 Å². The molecule has 1 N–H and O–H groups in total. The molecule has 1 heterocycles. The summed E-state index contributed by atoms with van der Waals surface area (Å²) < 4.78 is 7.09. The number of benzene rings is 2. The number of aromatic nitrogens is 1. The van der Waals surface area contributed by atoms with Gasteiger partial charge in [-0.3, -0.25) is 4.79 Å². The van der Waals surface area contributed by atoms with Crippen molar-refractivity contribution in [3.05, 3.63) is 87.7 Å². The Bertz CT molecular complexity index is 1020. The zero-order valence-electron chi connectivity index (χ0n) is 16.7. The Morgan fingerprint density at radius 1 is 1.03 bits per heavy atom. The number of hydrogen-bond donors (Lipinski definition) is 1. The minimum absolute atomic E-state index is 0.153. The van der Waals surface area contributed by atoms with Gasteiger partial charge in [0.15, 0.2) is 0 Å². The van der Waals surface area contributed by atoms with Gasteiger partial charge in [0.2, 0.25) is 0 Å². The molecular formula is C23H23ClN2O3.